The molecule has 4 nitrogen and oxygen atoms in total. The van der Waals surface area contributed by atoms with Crippen LogP contribution < -0.4 is 14.2 Å². The smallest absolute Gasteiger partial charge is 0.161 e. The zero-order valence-electron chi connectivity index (χ0n) is 34.4. The average molecular weight is 736 g/mol. The number of aryl methyl sites for hydroxylation is 1. The van der Waals surface area contributed by atoms with E-state index in [1.54, 1.807) is 0 Å². The fourth-order valence-electron chi connectivity index (χ4n) is 7.37. The van der Waals surface area contributed by atoms with E-state index in [0.717, 1.165) is 95.7 Å². The molecule has 4 heteroatoms. The number of allylic oxidation sites excluding steroid dienone is 3. The van der Waals surface area contributed by atoms with Crippen molar-refractivity contribution in [1.29, 1.82) is 5.26 Å². The molecule has 0 amide bonds. The summed E-state index contributed by atoms with van der Waals surface area (Å²) >= 11 is 0. The molecule has 296 valence electrons. The second-order valence-electron chi connectivity index (χ2n) is 15.3. The first-order valence-electron chi connectivity index (χ1n) is 21.7. The fraction of sp³-hybridized carbons (Fsp3) is 0.580. The summed E-state index contributed by atoms with van der Waals surface area (Å²) in [6, 6.07) is 11.0. The minimum atomic E-state index is 0.642. The fourth-order valence-corrected chi connectivity index (χ4v) is 7.37. The molecule has 3 aromatic carbocycles. The molecule has 3 aromatic rings. The summed E-state index contributed by atoms with van der Waals surface area (Å²) in [6.45, 7) is 17.8. The Morgan fingerprint density at radius 2 is 0.833 bits per heavy atom. The number of hydrogen-bond donors (Lipinski definition) is 0. The topological polar surface area (TPSA) is 51.5 Å². The average Bonchev–Trinajstić information content (AvgIpc) is 3.18. The van der Waals surface area contributed by atoms with Crippen molar-refractivity contribution in [3.05, 3.63) is 78.9 Å². The van der Waals surface area contributed by atoms with Crippen molar-refractivity contribution in [3.8, 4) is 23.3 Å². The summed E-state index contributed by atoms with van der Waals surface area (Å²) in [6.07, 6.45) is 35.0. The molecule has 0 saturated carbocycles. The normalized spacial score (nSPS) is 11.1. The van der Waals surface area contributed by atoms with Crippen molar-refractivity contribution < 1.29 is 14.2 Å². The van der Waals surface area contributed by atoms with Crippen molar-refractivity contribution in [2.75, 3.05) is 19.8 Å². The highest BCUT2D eigenvalue weighted by Crippen LogP contribution is 2.42. The van der Waals surface area contributed by atoms with E-state index in [0.29, 0.717) is 25.4 Å². The number of unbranched alkanes of at least 4 members (excludes halogenated alkanes) is 21. The van der Waals surface area contributed by atoms with Gasteiger partial charge in [-0.15, -0.1) is 19.7 Å². The molecular weight excluding hydrogens is 663 g/mol. The minimum absolute atomic E-state index is 0.642. The van der Waals surface area contributed by atoms with Crippen LogP contribution in [0.3, 0.4) is 0 Å². The van der Waals surface area contributed by atoms with Gasteiger partial charge < -0.3 is 14.2 Å². The number of nitrogens with zero attached hydrogens (tertiary/aromatic N) is 1. The van der Waals surface area contributed by atoms with Gasteiger partial charge in [-0.2, -0.15) is 5.26 Å². The largest absolute Gasteiger partial charge is 0.493 e. The van der Waals surface area contributed by atoms with Gasteiger partial charge in [-0.3, -0.25) is 0 Å². The highest BCUT2D eigenvalue weighted by Gasteiger charge is 2.18. The highest BCUT2D eigenvalue weighted by atomic mass is 16.5. The third-order valence-corrected chi connectivity index (χ3v) is 10.8. The van der Waals surface area contributed by atoms with E-state index >= 15 is 0 Å². The Morgan fingerprint density at radius 1 is 0.463 bits per heavy atom. The van der Waals surface area contributed by atoms with Crippen molar-refractivity contribution >= 4 is 21.5 Å². The lowest BCUT2D eigenvalue weighted by Gasteiger charge is -2.19. The van der Waals surface area contributed by atoms with Gasteiger partial charge in [0, 0.05) is 10.8 Å². The quantitative estimate of drug-likeness (QED) is 0.0355. The van der Waals surface area contributed by atoms with Gasteiger partial charge in [0.1, 0.15) is 5.75 Å². The third kappa shape index (κ3) is 15.9. The predicted molar refractivity (Wildman–Crippen MR) is 234 cm³/mol. The van der Waals surface area contributed by atoms with Crippen molar-refractivity contribution in [1.82, 2.24) is 0 Å². The molecule has 0 heterocycles. The molecule has 0 aliphatic heterocycles. The van der Waals surface area contributed by atoms with Crippen molar-refractivity contribution in [2.45, 2.75) is 168 Å². The molecule has 3 rings (SSSR count). The Hall–Kier alpha value is -3.71. The van der Waals surface area contributed by atoms with Crippen LogP contribution >= 0.6 is 0 Å². The van der Waals surface area contributed by atoms with Crippen LogP contribution in [-0.2, 0) is 0 Å². The van der Waals surface area contributed by atoms with Gasteiger partial charge in [-0.25, -0.2) is 0 Å². The number of fused-ring (bicyclic) bond motifs is 3. The minimum Gasteiger partial charge on any atom is -0.493 e. The van der Waals surface area contributed by atoms with Crippen LogP contribution in [0.4, 0.5) is 0 Å². The number of ether oxygens (including phenoxy) is 3. The Morgan fingerprint density at radius 3 is 1.26 bits per heavy atom. The lowest BCUT2D eigenvalue weighted by molar-refractivity contribution is 0.259. The van der Waals surface area contributed by atoms with Crippen LogP contribution in [0.25, 0.3) is 21.5 Å². The molecular formula is C50H73NO3. The van der Waals surface area contributed by atoms with Gasteiger partial charge in [0.05, 0.1) is 31.5 Å². The van der Waals surface area contributed by atoms with Gasteiger partial charge in [0.25, 0.3) is 0 Å². The van der Waals surface area contributed by atoms with E-state index < -0.39 is 0 Å². The number of hydrogen-bond acceptors (Lipinski definition) is 4. The molecule has 0 atom stereocenters. The SMILES string of the molecule is C=CCCCCCCCCCOc1cc2c(C#N)cc3c(OCCCCCCCCCC=C)c(C)c(C)cc3c2cc1OCCCCCCCCCC=C. The maximum atomic E-state index is 10.4. The number of nitriles is 1. The first kappa shape index (κ1) is 44.7. The highest BCUT2D eigenvalue weighted by molar-refractivity contribution is 6.13. The van der Waals surface area contributed by atoms with E-state index in [4.69, 9.17) is 14.2 Å². The van der Waals surface area contributed by atoms with E-state index in [1.165, 1.54) is 108 Å². The van der Waals surface area contributed by atoms with Crippen LogP contribution in [0.1, 0.15) is 171 Å². The molecule has 0 spiro atoms. The van der Waals surface area contributed by atoms with Gasteiger partial charge >= 0.3 is 0 Å². The van der Waals surface area contributed by atoms with Gasteiger partial charge in [0.15, 0.2) is 11.5 Å². The monoisotopic (exact) mass is 736 g/mol. The summed E-state index contributed by atoms with van der Waals surface area (Å²) in [7, 11) is 0. The molecule has 0 radical (unpaired) electrons. The lowest BCUT2D eigenvalue weighted by Crippen LogP contribution is -2.04. The van der Waals surface area contributed by atoms with E-state index in [2.05, 4.69) is 57.9 Å². The summed E-state index contributed by atoms with van der Waals surface area (Å²) in [4.78, 5) is 0. The zero-order chi connectivity index (χ0) is 38.6. The summed E-state index contributed by atoms with van der Waals surface area (Å²) in [5.74, 6) is 2.42. The summed E-state index contributed by atoms with van der Waals surface area (Å²) in [5.41, 5.74) is 2.97. The first-order valence-corrected chi connectivity index (χ1v) is 21.7. The van der Waals surface area contributed by atoms with E-state index in [1.807, 2.05) is 24.3 Å². The zero-order valence-corrected chi connectivity index (χ0v) is 34.4. The Balaban J connectivity index is 1.75. The second-order valence-corrected chi connectivity index (χ2v) is 15.3. The van der Waals surface area contributed by atoms with Gasteiger partial charge in [-0.05, 0) is 112 Å². The van der Waals surface area contributed by atoms with E-state index in [-0.39, 0.29) is 0 Å². The van der Waals surface area contributed by atoms with Gasteiger partial charge in [-0.1, -0.05) is 121 Å². The van der Waals surface area contributed by atoms with Crippen LogP contribution in [0.15, 0.2) is 62.2 Å². The Labute approximate surface area is 330 Å². The molecule has 0 fully saturated rings. The molecule has 0 N–H and O–H groups in total. The summed E-state index contributed by atoms with van der Waals surface area (Å²) in [5, 5.41) is 14.5. The molecule has 0 aliphatic rings. The maximum absolute atomic E-state index is 10.4. The lowest BCUT2D eigenvalue weighted by atomic mass is 9.93. The van der Waals surface area contributed by atoms with Crippen molar-refractivity contribution in [2.24, 2.45) is 0 Å². The second kappa shape index (κ2) is 27.8. The van der Waals surface area contributed by atoms with Crippen LogP contribution in [0.2, 0.25) is 0 Å². The summed E-state index contributed by atoms with van der Waals surface area (Å²) < 4.78 is 19.6. The standard InChI is InChI=1S/C50H73NO3/c1-6-9-12-15-18-21-24-27-30-33-52-48-38-44-43(40-51)37-47-45(46(44)39-49(48)53-34-31-28-25-22-19-16-13-10-7-2)36-41(4)42(5)50(47)54-35-32-29-26-23-20-17-14-11-8-3/h6-8,36-39H,1-3,9-35H2,4-5H3. The van der Waals surface area contributed by atoms with E-state index in [9.17, 15) is 5.26 Å². The van der Waals surface area contributed by atoms with Crippen LogP contribution in [0.5, 0.6) is 17.2 Å². The molecule has 0 aromatic heterocycles. The molecule has 0 saturated heterocycles. The Bertz CT molecular complexity index is 1580. The third-order valence-electron chi connectivity index (χ3n) is 10.8. The van der Waals surface area contributed by atoms with Gasteiger partial charge in [0.2, 0.25) is 0 Å². The predicted octanol–water partition coefficient (Wildman–Crippen LogP) is 15.5. The van der Waals surface area contributed by atoms with Crippen LogP contribution in [-0.4, -0.2) is 19.8 Å². The number of rotatable bonds is 33. The van der Waals surface area contributed by atoms with Crippen LogP contribution in [0, 0.1) is 25.2 Å². The maximum Gasteiger partial charge on any atom is 0.161 e. The first-order chi connectivity index (χ1) is 26.5. The van der Waals surface area contributed by atoms with Crippen molar-refractivity contribution in [3.63, 3.8) is 0 Å². The molecule has 0 aliphatic carbocycles. The molecule has 0 unspecified atom stereocenters. The number of benzene rings is 3. The molecule has 54 heavy (non-hydrogen) atoms. The Kier molecular flexibility index (Phi) is 23.0. The molecule has 0 bridgehead atoms.